The number of benzene rings is 1. The summed E-state index contributed by atoms with van der Waals surface area (Å²) in [6, 6.07) is 9.10. The van der Waals surface area contributed by atoms with Gasteiger partial charge in [0, 0.05) is 44.6 Å². The quantitative estimate of drug-likeness (QED) is 0.486. The number of hydrogen-bond donors (Lipinski definition) is 1. The molecule has 9 heteroatoms. The van der Waals surface area contributed by atoms with Crippen LogP contribution in [0.25, 0.3) is 20.7 Å². The molecule has 0 aliphatic carbocycles. The van der Waals surface area contributed by atoms with Gasteiger partial charge in [0.15, 0.2) is 0 Å². The lowest BCUT2D eigenvalue weighted by molar-refractivity contribution is -0.116. The second-order valence-corrected chi connectivity index (χ2v) is 8.71. The number of nitrogens with zero attached hydrogens (tertiary/aromatic N) is 2. The maximum atomic E-state index is 13.1. The minimum atomic E-state index is -0.350. The molecule has 0 radical (unpaired) electrons. The van der Waals surface area contributed by atoms with Gasteiger partial charge in [0.05, 0.1) is 25.9 Å². The average Bonchev–Trinajstić information content (AvgIpc) is 3.36. The number of thiophene rings is 2. The van der Waals surface area contributed by atoms with Crippen molar-refractivity contribution in [3.8, 4) is 21.9 Å². The molecule has 4 aromatic rings. The molecule has 0 aliphatic rings. The van der Waals surface area contributed by atoms with Crippen LogP contribution in [0.2, 0.25) is 0 Å². The van der Waals surface area contributed by atoms with E-state index in [2.05, 4.69) is 10.3 Å². The maximum Gasteiger partial charge on any atom is 0.263 e. The molecule has 1 aromatic carbocycles. The van der Waals surface area contributed by atoms with Gasteiger partial charge in [-0.15, -0.1) is 22.7 Å². The highest BCUT2D eigenvalue weighted by molar-refractivity contribution is 7.19. The summed E-state index contributed by atoms with van der Waals surface area (Å²) in [7, 11) is 3.07. The van der Waals surface area contributed by atoms with Crippen LogP contribution >= 0.6 is 22.7 Å². The summed E-state index contributed by atoms with van der Waals surface area (Å²) in [5.41, 5.74) is 1.14. The SMILES string of the molecule is COc1cc(NC(=O)Cn2cnc3scc(-c4ccc(C)s4)c3c2=O)cc(OC)c1. The van der Waals surface area contributed by atoms with Crippen LogP contribution in [0.5, 0.6) is 11.5 Å². The molecule has 0 saturated carbocycles. The number of carbonyl (C=O) groups is 1. The molecule has 0 saturated heterocycles. The third-order valence-corrected chi connectivity index (χ3v) is 6.44. The van der Waals surface area contributed by atoms with Crippen molar-refractivity contribution in [3.63, 3.8) is 0 Å². The first-order chi connectivity index (χ1) is 14.5. The Hall–Kier alpha value is -3.17. The molecular formula is C21H19N3O4S2. The summed E-state index contributed by atoms with van der Waals surface area (Å²) >= 11 is 3.05. The summed E-state index contributed by atoms with van der Waals surface area (Å²) in [5.74, 6) is 0.760. The summed E-state index contributed by atoms with van der Waals surface area (Å²) in [5, 5.41) is 5.26. The standard InChI is InChI=1S/C21H19N3O4S2/c1-12-4-5-17(30-12)16-10-29-20-19(16)21(26)24(11-22-20)9-18(25)23-13-6-14(27-2)8-15(7-13)28-3/h4-8,10-11H,9H2,1-3H3,(H,23,25). The number of rotatable bonds is 6. The molecule has 1 amide bonds. The number of aryl methyl sites for hydroxylation is 1. The molecule has 0 bridgehead atoms. The van der Waals surface area contributed by atoms with Crippen molar-refractivity contribution < 1.29 is 14.3 Å². The second kappa shape index (κ2) is 8.29. The van der Waals surface area contributed by atoms with Crippen molar-refractivity contribution in [3.05, 3.63) is 57.3 Å². The normalized spacial score (nSPS) is 10.9. The Bertz CT molecular complexity index is 1270. The summed E-state index contributed by atoms with van der Waals surface area (Å²) in [4.78, 5) is 32.9. The van der Waals surface area contributed by atoms with Crippen LogP contribution in [0.15, 0.2) is 46.8 Å². The van der Waals surface area contributed by atoms with Crippen molar-refractivity contribution in [1.82, 2.24) is 9.55 Å². The van der Waals surface area contributed by atoms with Crippen LogP contribution in [0, 0.1) is 6.92 Å². The Balaban J connectivity index is 1.62. The van der Waals surface area contributed by atoms with E-state index in [9.17, 15) is 9.59 Å². The van der Waals surface area contributed by atoms with Crippen molar-refractivity contribution in [1.29, 1.82) is 0 Å². The molecule has 1 N–H and O–H groups in total. The van der Waals surface area contributed by atoms with Gasteiger partial charge < -0.3 is 14.8 Å². The fourth-order valence-corrected chi connectivity index (χ4v) is 4.94. The van der Waals surface area contributed by atoms with E-state index in [-0.39, 0.29) is 18.0 Å². The number of fused-ring (bicyclic) bond motifs is 1. The molecule has 0 unspecified atom stereocenters. The first kappa shape index (κ1) is 20.1. The van der Waals surface area contributed by atoms with Crippen molar-refractivity contribution in [2.24, 2.45) is 0 Å². The molecule has 7 nitrogen and oxygen atoms in total. The minimum absolute atomic E-state index is 0.153. The van der Waals surface area contributed by atoms with Gasteiger partial charge >= 0.3 is 0 Å². The first-order valence-corrected chi connectivity index (χ1v) is 10.7. The monoisotopic (exact) mass is 441 g/mol. The summed E-state index contributed by atoms with van der Waals surface area (Å²) in [6.45, 7) is 1.87. The van der Waals surface area contributed by atoms with Crippen LogP contribution < -0.4 is 20.3 Å². The van der Waals surface area contributed by atoms with Gasteiger partial charge in [0.2, 0.25) is 5.91 Å². The number of methoxy groups -OCH3 is 2. The van der Waals surface area contributed by atoms with E-state index < -0.39 is 0 Å². The summed E-state index contributed by atoms with van der Waals surface area (Å²) < 4.78 is 11.8. The Labute approximate surface area is 180 Å². The molecule has 0 fully saturated rings. The third kappa shape index (κ3) is 3.94. The molecule has 4 rings (SSSR count). The number of amides is 1. The van der Waals surface area contributed by atoms with Gasteiger partial charge in [-0.1, -0.05) is 0 Å². The topological polar surface area (TPSA) is 82.5 Å². The fourth-order valence-electron chi connectivity index (χ4n) is 3.08. The number of nitrogens with one attached hydrogen (secondary N) is 1. The smallest absolute Gasteiger partial charge is 0.263 e. The number of ether oxygens (including phenoxy) is 2. The molecule has 0 atom stereocenters. The number of aromatic nitrogens is 2. The highest BCUT2D eigenvalue weighted by atomic mass is 32.1. The lowest BCUT2D eigenvalue weighted by Crippen LogP contribution is -2.27. The van der Waals surface area contributed by atoms with Gasteiger partial charge in [0.25, 0.3) is 5.56 Å². The van der Waals surface area contributed by atoms with Gasteiger partial charge in [0.1, 0.15) is 22.9 Å². The largest absolute Gasteiger partial charge is 0.497 e. The molecule has 154 valence electrons. The van der Waals surface area contributed by atoms with E-state index in [0.29, 0.717) is 27.4 Å². The highest BCUT2D eigenvalue weighted by Crippen LogP contribution is 2.35. The van der Waals surface area contributed by atoms with E-state index in [0.717, 1.165) is 10.4 Å². The zero-order valence-electron chi connectivity index (χ0n) is 16.6. The first-order valence-electron chi connectivity index (χ1n) is 9.05. The van der Waals surface area contributed by atoms with Gasteiger partial charge in [-0.2, -0.15) is 0 Å². The molecule has 0 aliphatic heterocycles. The minimum Gasteiger partial charge on any atom is -0.497 e. The Morgan fingerprint density at radius 1 is 1.17 bits per heavy atom. The van der Waals surface area contributed by atoms with E-state index in [4.69, 9.17) is 9.47 Å². The molecule has 0 spiro atoms. The Morgan fingerprint density at radius 2 is 1.90 bits per heavy atom. The van der Waals surface area contributed by atoms with Crippen LogP contribution in [0.3, 0.4) is 0 Å². The molecule has 3 aromatic heterocycles. The van der Waals surface area contributed by atoms with E-state index in [1.165, 1.54) is 41.3 Å². The number of carbonyl (C=O) groups excluding carboxylic acids is 1. The predicted octanol–water partition coefficient (Wildman–Crippen LogP) is 4.15. The van der Waals surface area contributed by atoms with E-state index in [1.807, 2.05) is 24.4 Å². The zero-order chi connectivity index (χ0) is 21.3. The lowest BCUT2D eigenvalue weighted by atomic mass is 10.2. The Kier molecular flexibility index (Phi) is 5.56. The van der Waals surface area contributed by atoms with Crippen molar-refractivity contribution >= 4 is 44.5 Å². The summed E-state index contributed by atoms with van der Waals surface area (Å²) in [6.07, 6.45) is 1.41. The van der Waals surface area contributed by atoms with Crippen LogP contribution in [-0.4, -0.2) is 29.7 Å². The van der Waals surface area contributed by atoms with Crippen LogP contribution in [0.1, 0.15) is 4.88 Å². The molecular weight excluding hydrogens is 422 g/mol. The van der Waals surface area contributed by atoms with E-state index in [1.54, 1.807) is 29.5 Å². The third-order valence-electron chi connectivity index (χ3n) is 4.52. The predicted molar refractivity (Wildman–Crippen MR) is 120 cm³/mol. The van der Waals surface area contributed by atoms with Gasteiger partial charge in [-0.25, -0.2) is 4.98 Å². The van der Waals surface area contributed by atoms with Crippen LogP contribution in [0.4, 0.5) is 5.69 Å². The van der Waals surface area contributed by atoms with Gasteiger partial charge in [-0.05, 0) is 19.1 Å². The van der Waals surface area contributed by atoms with E-state index >= 15 is 0 Å². The molecule has 30 heavy (non-hydrogen) atoms. The Morgan fingerprint density at radius 3 is 2.53 bits per heavy atom. The second-order valence-electron chi connectivity index (χ2n) is 6.57. The lowest BCUT2D eigenvalue weighted by Gasteiger charge is -2.10. The molecule has 3 heterocycles. The fraction of sp³-hybridized carbons (Fsp3) is 0.190. The van der Waals surface area contributed by atoms with Crippen LogP contribution in [-0.2, 0) is 11.3 Å². The highest BCUT2D eigenvalue weighted by Gasteiger charge is 2.16. The average molecular weight is 442 g/mol. The number of anilines is 1. The number of hydrogen-bond acceptors (Lipinski definition) is 7. The maximum absolute atomic E-state index is 13.1. The zero-order valence-corrected chi connectivity index (χ0v) is 18.2. The van der Waals surface area contributed by atoms with Gasteiger partial charge in [-0.3, -0.25) is 14.2 Å². The van der Waals surface area contributed by atoms with Crippen molar-refractivity contribution in [2.75, 3.05) is 19.5 Å². The van der Waals surface area contributed by atoms with Crippen molar-refractivity contribution in [2.45, 2.75) is 13.5 Å².